The summed E-state index contributed by atoms with van der Waals surface area (Å²) in [5.74, 6) is 0.0834. The van der Waals surface area contributed by atoms with E-state index in [2.05, 4.69) is 20.2 Å². The van der Waals surface area contributed by atoms with Gasteiger partial charge in [-0.05, 0) is 31.0 Å². The Balaban J connectivity index is 1.56. The fraction of sp³-hybridized carbons (Fsp3) is 0.500. The lowest BCUT2D eigenvalue weighted by Crippen LogP contribution is -2.43. The molecule has 134 valence electrons. The molecular weight excluding hydrogens is 336 g/mol. The summed E-state index contributed by atoms with van der Waals surface area (Å²) in [7, 11) is 0. The summed E-state index contributed by atoms with van der Waals surface area (Å²) < 4.78 is 5.46. The summed E-state index contributed by atoms with van der Waals surface area (Å²) >= 11 is 1.62. The van der Waals surface area contributed by atoms with Crippen LogP contribution in [0, 0.1) is 6.92 Å². The zero-order valence-electron chi connectivity index (χ0n) is 14.5. The zero-order chi connectivity index (χ0) is 17.5. The first-order valence-corrected chi connectivity index (χ1v) is 9.49. The third-order valence-electron chi connectivity index (χ3n) is 4.49. The fourth-order valence-corrected chi connectivity index (χ4v) is 3.81. The van der Waals surface area contributed by atoms with Crippen molar-refractivity contribution in [3.8, 4) is 0 Å². The molecule has 3 rings (SSSR count). The van der Waals surface area contributed by atoms with Crippen molar-refractivity contribution in [2.75, 3.05) is 32.8 Å². The predicted octanol–water partition coefficient (Wildman–Crippen LogP) is 1.97. The molecule has 7 heteroatoms. The summed E-state index contributed by atoms with van der Waals surface area (Å²) in [6.45, 7) is 5.82. The second-order valence-electron chi connectivity index (χ2n) is 6.11. The molecule has 1 fully saturated rings. The maximum Gasteiger partial charge on any atom is 0.220 e. The average molecular weight is 360 g/mol. The van der Waals surface area contributed by atoms with Gasteiger partial charge in [-0.2, -0.15) is 0 Å². The highest BCUT2D eigenvalue weighted by Gasteiger charge is 2.23. The van der Waals surface area contributed by atoms with E-state index >= 15 is 0 Å². The predicted molar refractivity (Wildman–Crippen MR) is 97.6 cm³/mol. The zero-order valence-corrected chi connectivity index (χ0v) is 15.3. The number of nitrogens with zero attached hydrogens (tertiary/aromatic N) is 3. The van der Waals surface area contributed by atoms with E-state index < -0.39 is 0 Å². The molecule has 1 aliphatic heterocycles. The van der Waals surface area contributed by atoms with Gasteiger partial charge in [0.2, 0.25) is 5.91 Å². The smallest absolute Gasteiger partial charge is 0.220 e. The molecule has 0 unspecified atom stereocenters. The van der Waals surface area contributed by atoms with Gasteiger partial charge < -0.3 is 10.1 Å². The van der Waals surface area contributed by atoms with Crippen LogP contribution in [-0.4, -0.2) is 53.6 Å². The van der Waals surface area contributed by atoms with E-state index in [0.717, 1.165) is 38.4 Å². The van der Waals surface area contributed by atoms with Gasteiger partial charge in [-0.1, -0.05) is 0 Å². The molecule has 1 N–H and O–H groups in total. The Kier molecular flexibility index (Phi) is 6.49. The Bertz CT molecular complexity index is 671. The van der Waals surface area contributed by atoms with Gasteiger partial charge in [-0.25, -0.2) is 4.98 Å². The second kappa shape index (κ2) is 9.03. The van der Waals surface area contributed by atoms with E-state index in [1.54, 1.807) is 23.7 Å². The van der Waals surface area contributed by atoms with E-state index in [-0.39, 0.29) is 11.9 Å². The van der Waals surface area contributed by atoms with Crippen LogP contribution >= 0.6 is 11.3 Å². The third kappa shape index (κ3) is 5.07. The maximum absolute atomic E-state index is 12.3. The molecule has 1 saturated heterocycles. The van der Waals surface area contributed by atoms with Crippen LogP contribution in [0.15, 0.2) is 30.0 Å². The topological polar surface area (TPSA) is 67.4 Å². The summed E-state index contributed by atoms with van der Waals surface area (Å²) in [6.07, 6.45) is 4.85. The van der Waals surface area contributed by atoms with Crippen molar-refractivity contribution in [2.24, 2.45) is 0 Å². The first-order valence-electron chi connectivity index (χ1n) is 8.61. The van der Waals surface area contributed by atoms with Gasteiger partial charge in [0.1, 0.15) is 0 Å². The van der Waals surface area contributed by atoms with E-state index in [0.29, 0.717) is 13.0 Å². The van der Waals surface area contributed by atoms with Crippen LogP contribution < -0.4 is 5.32 Å². The van der Waals surface area contributed by atoms with Crippen molar-refractivity contribution in [3.63, 3.8) is 0 Å². The summed E-state index contributed by atoms with van der Waals surface area (Å²) in [5, 5.41) is 3.10. The van der Waals surface area contributed by atoms with Crippen molar-refractivity contribution >= 4 is 17.2 Å². The summed E-state index contributed by atoms with van der Waals surface area (Å²) in [5.41, 5.74) is 4.04. The number of nitrogens with one attached hydrogen (secondary N) is 1. The number of ether oxygens (including phenoxy) is 1. The molecule has 25 heavy (non-hydrogen) atoms. The lowest BCUT2D eigenvalue weighted by atomic mass is 10.1. The van der Waals surface area contributed by atoms with Gasteiger partial charge in [0.05, 0.1) is 30.5 Å². The molecule has 0 aliphatic carbocycles. The Labute approximate surface area is 152 Å². The first kappa shape index (κ1) is 18.0. The number of aryl methyl sites for hydroxylation is 2. The number of thiazole rings is 1. The highest BCUT2D eigenvalue weighted by Crippen LogP contribution is 2.21. The number of morpholine rings is 1. The van der Waals surface area contributed by atoms with Gasteiger partial charge in [-0.3, -0.25) is 14.7 Å². The van der Waals surface area contributed by atoms with Crippen molar-refractivity contribution in [1.82, 2.24) is 20.2 Å². The van der Waals surface area contributed by atoms with Gasteiger partial charge in [0, 0.05) is 43.3 Å². The average Bonchev–Trinajstić information content (AvgIpc) is 3.07. The molecule has 2 aromatic rings. The van der Waals surface area contributed by atoms with Crippen LogP contribution in [0.5, 0.6) is 0 Å². The normalized spacial score (nSPS) is 16.5. The number of amides is 1. The lowest BCUT2D eigenvalue weighted by molar-refractivity contribution is -0.121. The standard InChI is InChI=1S/C18H24N4O2S/c1-14-17(25-13-21-14)2-3-18(23)20-12-16(15-4-6-19-7-5-15)22-8-10-24-11-9-22/h4-7,13,16H,2-3,8-12H2,1H3,(H,20,23)/t16-/m1/s1. The van der Waals surface area contributed by atoms with Crippen LogP contribution in [0.25, 0.3) is 0 Å². The molecule has 3 heterocycles. The number of carbonyl (C=O) groups is 1. The van der Waals surface area contributed by atoms with Crippen molar-refractivity contribution in [3.05, 3.63) is 46.2 Å². The minimum atomic E-state index is 0.0834. The minimum Gasteiger partial charge on any atom is -0.379 e. The van der Waals surface area contributed by atoms with Crippen molar-refractivity contribution < 1.29 is 9.53 Å². The van der Waals surface area contributed by atoms with Crippen LogP contribution in [0.2, 0.25) is 0 Å². The van der Waals surface area contributed by atoms with Crippen molar-refractivity contribution in [2.45, 2.75) is 25.8 Å². The van der Waals surface area contributed by atoms with Gasteiger partial charge in [-0.15, -0.1) is 11.3 Å². The molecule has 1 aliphatic rings. The summed E-state index contributed by atoms with van der Waals surface area (Å²) in [4.78, 5) is 24.2. The molecular formula is C18H24N4O2S. The number of rotatable bonds is 7. The largest absolute Gasteiger partial charge is 0.379 e. The Hall–Kier alpha value is -1.83. The van der Waals surface area contributed by atoms with E-state index in [4.69, 9.17) is 4.74 Å². The second-order valence-corrected chi connectivity index (χ2v) is 7.05. The molecule has 0 spiro atoms. The maximum atomic E-state index is 12.3. The molecule has 6 nitrogen and oxygen atoms in total. The molecule has 1 atom stereocenters. The van der Waals surface area contributed by atoms with E-state index in [1.165, 1.54) is 10.4 Å². The van der Waals surface area contributed by atoms with Crippen LogP contribution in [-0.2, 0) is 16.0 Å². The van der Waals surface area contributed by atoms with Crippen LogP contribution in [0.1, 0.15) is 28.6 Å². The molecule has 0 aromatic carbocycles. The number of hydrogen-bond acceptors (Lipinski definition) is 6. The Morgan fingerprint density at radius 3 is 2.80 bits per heavy atom. The molecule has 0 radical (unpaired) electrons. The highest BCUT2D eigenvalue weighted by atomic mass is 32.1. The monoisotopic (exact) mass is 360 g/mol. The fourth-order valence-electron chi connectivity index (χ4n) is 3.02. The number of hydrogen-bond donors (Lipinski definition) is 1. The van der Waals surface area contributed by atoms with Gasteiger partial charge in [0.15, 0.2) is 0 Å². The highest BCUT2D eigenvalue weighted by molar-refractivity contribution is 7.09. The van der Waals surface area contributed by atoms with Gasteiger partial charge in [0.25, 0.3) is 0 Å². The Morgan fingerprint density at radius 1 is 1.36 bits per heavy atom. The summed E-state index contributed by atoms with van der Waals surface area (Å²) in [6, 6.07) is 4.20. The van der Waals surface area contributed by atoms with E-state index in [9.17, 15) is 4.79 Å². The van der Waals surface area contributed by atoms with Gasteiger partial charge >= 0.3 is 0 Å². The van der Waals surface area contributed by atoms with E-state index in [1.807, 2.05) is 24.6 Å². The molecule has 0 saturated carbocycles. The van der Waals surface area contributed by atoms with Crippen molar-refractivity contribution in [1.29, 1.82) is 0 Å². The minimum absolute atomic E-state index is 0.0834. The number of carbonyl (C=O) groups excluding carboxylic acids is 1. The molecule has 0 bridgehead atoms. The number of pyridine rings is 1. The lowest BCUT2D eigenvalue weighted by Gasteiger charge is -2.34. The third-order valence-corrected chi connectivity index (χ3v) is 5.49. The molecule has 1 amide bonds. The quantitative estimate of drug-likeness (QED) is 0.818. The molecule has 2 aromatic heterocycles. The van der Waals surface area contributed by atoms with Crippen LogP contribution in [0.3, 0.4) is 0 Å². The first-order chi connectivity index (χ1) is 12.2. The SMILES string of the molecule is Cc1ncsc1CCC(=O)NC[C@H](c1ccncc1)N1CCOCC1. The number of aromatic nitrogens is 2. The Morgan fingerprint density at radius 2 is 2.12 bits per heavy atom. The van der Waals surface area contributed by atoms with Crippen LogP contribution in [0.4, 0.5) is 0 Å².